The smallest absolute Gasteiger partial charge is 0.276 e. The minimum Gasteiger partial charge on any atom is -0.497 e. The van der Waals surface area contributed by atoms with Gasteiger partial charge in [-0.15, -0.1) is 0 Å². The Bertz CT molecular complexity index is 961. The minimum absolute atomic E-state index is 0.137. The van der Waals surface area contributed by atoms with Crippen molar-refractivity contribution in [3.8, 4) is 5.75 Å². The fourth-order valence-corrected chi connectivity index (χ4v) is 3.33. The molecule has 29 heavy (non-hydrogen) atoms. The Morgan fingerprint density at radius 3 is 2.59 bits per heavy atom. The molecule has 8 nitrogen and oxygen atoms in total. The van der Waals surface area contributed by atoms with E-state index in [1.807, 2.05) is 0 Å². The van der Waals surface area contributed by atoms with E-state index in [1.54, 1.807) is 24.3 Å². The van der Waals surface area contributed by atoms with Crippen molar-refractivity contribution in [1.82, 2.24) is 4.90 Å². The van der Waals surface area contributed by atoms with Gasteiger partial charge in [-0.3, -0.25) is 19.7 Å². The molecule has 2 amide bonds. The predicted octanol–water partition coefficient (Wildman–Crippen LogP) is 3.29. The van der Waals surface area contributed by atoms with Gasteiger partial charge in [0.05, 0.1) is 17.6 Å². The van der Waals surface area contributed by atoms with Gasteiger partial charge in [0.25, 0.3) is 11.6 Å². The summed E-state index contributed by atoms with van der Waals surface area (Å²) < 4.78 is 19.2. The Kier molecular flexibility index (Phi) is 5.76. The minimum atomic E-state index is -0.832. The first-order valence-electron chi connectivity index (χ1n) is 9.02. The molecule has 9 heteroatoms. The van der Waals surface area contributed by atoms with E-state index in [0.29, 0.717) is 30.8 Å². The summed E-state index contributed by atoms with van der Waals surface area (Å²) in [5, 5.41) is 13.9. The Balaban J connectivity index is 1.80. The highest BCUT2D eigenvalue weighted by molar-refractivity contribution is 6.02. The molecule has 1 fully saturated rings. The van der Waals surface area contributed by atoms with Crippen LogP contribution in [0, 0.1) is 22.9 Å². The molecule has 152 valence electrons. The van der Waals surface area contributed by atoms with Gasteiger partial charge in [-0.25, -0.2) is 4.39 Å². The quantitative estimate of drug-likeness (QED) is 0.612. The van der Waals surface area contributed by atoms with Crippen molar-refractivity contribution in [2.75, 3.05) is 19.0 Å². The van der Waals surface area contributed by atoms with Gasteiger partial charge in [-0.1, -0.05) is 0 Å². The molecule has 0 aromatic heterocycles. The monoisotopic (exact) mass is 401 g/mol. The second-order valence-electron chi connectivity index (χ2n) is 6.73. The number of nitrogens with zero attached hydrogens (tertiary/aromatic N) is 2. The van der Waals surface area contributed by atoms with E-state index in [4.69, 9.17) is 4.74 Å². The number of carbonyl (C=O) groups excluding carboxylic acids is 2. The van der Waals surface area contributed by atoms with Gasteiger partial charge in [0.1, 0.15) is 17.6 Å². The van der Waals surface area contributed by atoms with Crippen molar-refractivity contribution in [2.24, 2.45) is 0 Å². The molecule has 0 spiro atoms. The van der Waals surface area contributed by atoms with Crippen LogP contribution in [0.2, 0.25) is 0 Å². The molecule has 1 aliphatic rings. The molecular weight excluding hydrogens is 381 g/mol. The lowest BCUT2D eigenvalue weighted by atomic mass is 10.1. The standard InChI is InChI=1S/C20H20FN3O5/c1-12-16(21)10-13(11-18(12)24(27)28)20(26)23-9-3-4-17(23)19(25)22-14-5-7-15(29-2)8-6-14/h5-8,10-11,17H,3-4,9H2,1-2H3,(H,22,25). The number of methoxy groups -OCH3 is 1. The summed E-state index contributed by atoms with van der Waals surface area (Å²) >= 11 is 0. The van der Waals surface area contributed by atoms with Crippen molar-refractivity contribution in [2.45, 2.75) is 25.8 Å². The van der Waals surface area contributed by atoms with E-state index in [-0.39, 0.29) is 17.0 Å². The molecule has 1 aliphatic heterocycles. The number of carbonyl (C=O) groups is 2. The summed E-state index contributed by atoms with van der Waals surface area (Å²) in [5.41, 5.74) is -0.204. The number of amides is 2. The largest absolute Gasteiger partial charge is 0.497 e. The maximum absolute atomic E-state index is 14.1. The van der Waals surface area contributed by atoms with Crippen LogP contribution in [-0.4, -0.2) is 41.3 Å². The number of hydrogen-bond acceptors (Lipinski definition) is 5. The normalized spacial score (nSPS) is 15.8. The Hall–Kier alpha value is -3.49. The SMILES string of the molecule is COc1ccc(NC(=O)C2CCCN2C(=O)c2cc(F)c(C)c([N+](=O)[O-])c2)cc1. The summed E-state index contributed by atoms with van der Waals surface area (Å²) in [6.07, 6.45) is 1.05. The lowest BCUT2D eigenvalue weighted by Gasteiger charge is -2.24. The van der Waals surface area contributed by atoms with E-state index in [1.165, 1.54) is 18.9 Å². The molecule has 0 bridgehead atoms. The highest BCUT2D eigenvalue weighted by atomic mass is 19.1. The number of hydrogen-bond donors (Lipinski definition) is 1. The molecular formula is C20H20FN3O5. The predicted molar refractivity (Wildman–Crippen MR) is 103 cm³/mol. The Labute approximate surface area is 166 Å². The molecule has 2 aromatic carbocycles. The fraction of sp³-hybridized carbons (Fsp3) is 0.300. The van der Waals surface area contributed by atoms with Gasteiger partial charge in [0.15, 0.2) is 0 Å². The summed E-state index contributed by atoms with van der Waals surface area (Å²) in [6.45, 7) is 1.59. The zero-order chi connectivity index (χ0) is 21.1. The molecule has 3 rings (SSSR count). The number of likely N-dealkylation sites (tertiary alicyclic amines) is 1. The molecule has 1 atom stereocenters. The Morgan fingerprint density at radius 2 is 1.97 bits per heavy atom. The first-order valence-corrected chi connectivity index (χ1v) is 9.02. The summed E-state index contributed by atoms with van der Waals surface area (Å²) in [7, 11) is 1.54. The molecule has 2 aromatic rings. The summed E-state index contributed by atoms with van der Waals surface area (Å²) in [4.78, 5) is 37.3. The van der Waals surface area contributed by atoms with Gasteiger partial charge in [0, 0.05) is 23.9 Å². The number of rotatable bonds is 5. The number of nitro groups is 1. The van der Waals surface area contributed by atoms with E-state index in [9.17, 15) is 24.1 Å². The van der Waals surface area contributed by atoms with Crippen LogP contribution in [0.25, 0.3) is 0 Å². The van der Waals surface area contributed by atoms with Crippen molar-refractivity contribution < 1.29 is 23.6 Å². The molecule has 1 heterocycles. The first kappa shape index (κ1) is 20.2. The average Bonchev–Trinajstić information content (AvgIpc) is 3.19. The second kappa shape index (κ2) is 8.26. The van der Waals surface area contributed by atoms with Crippen molar-refractivity contribution in [3.05, 3.63) is 63.5 Å². The van der Waals surface area contributed by atoms with Gasteiger partial charge in [-0.05, 0) is 50.1 Å². The van der Waals surface area contributed by atoms with Crippen LogP contribution >= 0.6 is 0 Å². The highest BCUT2D eigenvalue weighted by Crippen LogP contribution is 2.27. The van der Waals surface area contributed by atoms with Gasteiger partial charge in [-0.2, -0.15) is 0 Å². The third-order valence-corrected chi connectivity index (χ3v) is 4.93. The van der Waals surface area contributed by atoms with Crippen LogP contribution in [0.15, 0.2) is 36.4 Å². The van der Waals surface area contributed by atoms with Crippen LogP contribution < -0.4 is 10.1 Å². The summed E-state index contributed by atoms with van der Waals surface area (Å²) in [5.74, 6) is -1.17. The van der Waals surface area contributed by atoms with E-state index in [2.05, 4.69) is 5.32 Å². The number of halogens is 1. The van der Waals surface area contributed by atoms with Crippen molar-refractivity contribution >= 4 is 23.2 Å². The molecule has 0 radical (unpaired) electrons. The first-order chi connectivity index (χ1) is 13.8. The maximum atomic E-state index is 14.1. The lowest BCUT2D eigenvalue weighted by Crippen LogP contribution is -2.43. The van der Waals surface area contributed by atoms with Gasteiger partial charge < -0.3 is 15.0 Å². The van der Waals surface area contributed by atoms with Gasteiger partial charge in [0.2, 0.25) is 5.91 Å². The number of nitrogens with one attached hydrogen (secondary N) is 1. The van der Waals surface area contributed by atoms with Crippen molar-refractivity contribution in [3.63, 3.8) is 0 Å². The second-order valence-corrected chi connectivity index (χ2v) is 6.73. The molecule has 0 aliphatic carbocycles. The number of ether oxygens (including phenoxy) is 1. The zero-order valence-electron chi connectivity index (χ0n) is 16.0. The van der Waals surface area contributed by atoms with Crippen LogP contribution in [-0.2, 0) is 4.79 Å². The molecule has 0 saturated carbocycles. The third kappa shape index (κ3) is 4.18. The lowest BCUT2D eigenvalue weighted by molar-refractivity contribution is -0.385. The van der Waals surface area contributed by atoms with Crippen LogP contribution in [0.3, 0.4) is 0 Å². The fourth-order valence-electron chi connectivity index (χ4n) is 3.33. The van der Waals surface area contributed by atoms with Gasteiger partial charge >= 0.3 is 0 Å². The zero-order valence-corrected chi connectivity index (χ0v) is 16.0. The highest BCUT2D eigenvalue weighted by Gasteiger charge is 2.35. The molecule has 1 unspecified atom stereocenters. The Morgan fingerprint density at radius 1 is 1.28 bits per heavy atom. The van der Waals surface area contributed by atoms with E-state index >= 15 is 0 Å². The maximum Gasteiger partial charge on any atom is 0.276 e. The topological polar surface area (TPSA) is 102 Å². The van der Waals surface area contributed by atoms with Crippen LogP contribution in [0.4, 0.5) is 15.8 Å². The number of benzene rings is 2. The molecule has 1 saturated heterocycles. The van der Waals surface area contributed by atoms with Crippen molar-refractivity contribution in [1.29, 1.82) is 0 Å². The third-order valence-electron chi connectivity index (χ3n) is 4.93. The molecule has 1 N–H and O–H groups in total. The summed E-state index contributed by atoms with van der Waals surface area (Å²) in [6, 6.07) is 8.03. The van der Waals surface area contributed by atoms with Crippen LogP contribution in [0.5, 0.6) is 5.75 Å². The van der Waals surface area contributed by atoms with E-state index < -0.39 is 28.4 Å². The van der Waals surface area contributed by atoms with Crippen LogP contribution in [0.1, 0.15) is 28.8 Å². The average molecular weight is 401 g/mol. The van der Waals surface area contributed by atoms with E-state index in [0.717, 1.165) is 12.1 Å². The number of anilines is 1. The number of nitro benzene ring substituents is 1.